The van der Waals surface area contributed by atoms with E-state index in [0.29, 0.717) is 27.9 Å². The van der Waals surface area contributed by atoms with Crippen molar-refractivity contribution in [1.29, 1.82) is 0 Å². The van der Waals surface area contributed by atoms with Crippen LogP contribution in [0, 0.1) is 0 Å². The van der Waals surface area contributed by atoms with Gasteiger partial charge in [-0.15, -0.1) is 0 Å². The maximum atomic E-state index is 9.44. The molecule has 0 aliphatic heterocycles. The van der Waals surface area contributed by atoms with E-state index < -0.39 is 0 Å². The molecule has 0 saturated heterocycles. The number of aromatic hydroxyl groups is 2. The summed E-state index contributed by atoms with van der Waals surface area (Å²) in [5.74, 6) is 0.205. The fraction of sp³-hybridized carbons (Fsp3) is 0.143. The molecule has 0 amide bonds. The van der Waals surface area contributed by atoms with Crippen LogP contribution >= 0.6 is 34.8 Å². The smallest absolute Gasteiger partial charge is 0.118 e. The first-order chi connectivity index (χ1) is 8.97. The lowest BCUT2D eigenvalue weighted by Gasteiger charge is -2.09. The zero-order valence-electron chi connectivity index (χ0n) is 9.83. The van der Waals surface area contributed by atoms with Crippen LogP contribution in [0.3, 0.4) is 0 Å². The minimum Gasteiger partial charge on any atom is -0.508 e. The second-order valence-electron chi connectivity index (χ2n) is 4.16. The lowest BCUT2D eigenvalue weighted by Crippen LogP contribution is -1.94. The molecule has 2 rings (SSSR count). The van der Waals surface area contributed by atoms with Gasteiger partial charge in [-0.25, -0.2) is 0 Å². The fourth-order valence-electron chi connectivity index (χ4n) is 1.84. The molecule has 2 N–H and O–H groups in total. The van der Waals surface area contributed by atoms with Crippen LogP contribution in [0.5, 0.6) is 11.5 Å². The molecule has 5 heteroatoms. The maximum absolute atomic E-state index is 9.44. The summed E-state index contributed by atoms with van der Waals surface area (Å²) in [6.45, 7) is 0. The van der Waals surface area contributed by atoms with Crippen molar-refractivity contribution in [3.63, 3.8) is 0 Å². The number of phenols is 2. The average molecular weight is 318 g/mol. The summed E-state index contributed by atoms with van der Waals surface area (Å²) < 4.78 is 0. The Hall–Kier alpha value is -1.09. The quantitative estimate of drug-likeness (QED) is 0.850. The van der Waals surface area contributed by atoms with Gasteiger partial charge in [0.1, 0.15) is 11.5 Å². The SMILES string of the molecule is Oc1cc(Cl)c(CCc2cc(O)ccc2Cl)c(Cl)c1. The van der Waals surface area contributed by atoms with Crippen molar-refractivity contribution in [2.24, 2.45) is 0 Å². The largest absolute Gasteiger partial charge is 0.508 e. The van der Waals surface area contributed by atoms with Gasteiger partial charge in [-0.3, -0.25) is 0 Å². The van der Waals surface area contributed by atoms with Gasteiger partial charge in [0.15, 0.2) is 0 Å². The molecule has 0 aliphatic rings. The third kappa shape index (κ3) is 3.47. The molecule has 0 atom stereocenters. The summed E-state index contributed by atoms with van der Waals surface area (Å²) >= 11 is 18.1. The normalized spacial score (nSPS) is 10.7. The number of hydrogen-bond acceptors (Lipinski definition) is 2. The second kappa shape index (κ2) is 5.91. The van der Waals surface area contributed by atoms with Crippen LogP contribution in [-0.2, 0) is 12.8 Å². The van der Waals surface area contributed by atoms with Gasteiger partial charge in [0.25, 0.3) is 0 Å². The van der Waals surface area contributed by atoms with Crippen molar-refractivity contribution in [2.75, 3.05) is 0 Å². The van der Waals surface area contributed by atoms with Gasteiger partial charge in [-0.2, -0.15) is 0 Å². The Balaban J connectivity index is 2.21. The number of phenolic OH excluding ortho intramolecular Hbond substituents is 2. The zero-order chi connectivity index (χ0) is 14.0. The van der Waals surface area contributed by atoms with E-state index in [1.807, 2.05) is 0 Å². The number of halogens is 3. The number of rotatable bonds is 3. The fourth-order valence-corrected chi connectivity index (χ4v) is 2.72. The van der Waals surface area contributed by atoms with Gasteiger partial charge < -0.3 is 10.2 Å². The number of hydrogen-bond donors (Lipinski definition) is 2. The molecule has 0 fully saturated rings. The van der Waals surface area contributed by atoms with Crippen LogP contribution < -0.4 is 0 Å². The summed E-state index contributed by atoms with van der Waals surface area (Å²) in [5, 5.41) is 20.2. The van der Waals surface area contributed by atoms with Crippen LogP contribution in [0.2, 0.25) is 15.1 Å². The zero-order valence-corrected chi connectivity index (χ0v) is 12.1. The standard InChI is InChI=1S/C14H11Cl3O2/c15-12-4-2-9(18)5-8(12)1-3-11-13(16)6-10(19)7-14(11)17/h2,4-7,18-19H,1,3H2. The predicted molar refractivity (Wildman–Crippen MR) is 78.7 cm³/mol. The first kappa shape index (κ1) is 14.3. The maximum Gasteiger partial charge on any atom is 0.118 e. The molecule has 0 aromatic heterocycles. The molecule has 0 bridgehead atoms. The van der Waals surface area contributed by atoms with Crippen LogP contribution in [-0.4, -0.2) is 10.2 Å². The van der Waals surface area contributed by atoms with Crippen LogP contribution in [0.1, 0.15) is 11.1 Å². The molecule has 0 heterocycles. The number of aryl methyl sites for hydroxylation is 1. The van der Waals surface area contributed by atoms with Crippen LogP contribution in [0.15, 0.2) is 30.3 Å². The Morgan fingerprint density at radius 1 is 0.737 bits per heavy atom. The Morgan fingerprint density at radius 2 is 1.37 bits per heavy atom. The van der Waals surface area contributed by atoms with E-state index in [-0.39, 0.29) is 11.5 Å². The van der Waals surface area contributed by atoms with Crippen molar-refractivity contribution in [3.8, 4) is 11.5 Å². The van der Waals surface area contributed by atoms with E-state index in [4.69, 9.17) is 34.8 Å². The van der Waals surface area contributed by atoms with Crippen molar-refractivity contribution >= 4 is 34.8 Å². The molecule has 0 unspecified atom stereocenters. The van der Waals surface area contributed by atoms with Crippen molar-refractivity contribution in [2.45, 2.75) is 12.8 Å². The third-order valence-electron chi connectivity index (χ3n) is 2.80. The Morgan fingerprint density at radius 3 is 2.00 bits per heavy atom. The molecule has 0 spiro atoms. The highest BCUT2D eigenvalue weighted by Crippen LogP contribution is 2.31. The second-order valence-corrected chi connectivity index (χ2v) is 5.39. The summed E-state index contributed by atoms with van der Waals surface area (Å²) in [5.41, 5.74) is 1.57. The van der Waals surface area contributed by atoms with Gasteiger partial charge >= 0.3 is 0 Å². The Kier molecular flexibility index (Phi) is 4.46. The molecule has 2 nitrogen and oxygen atoms in total. The van der Waals surface area contributed by atoms with E-state index in [9.17, 15) is 10.2 Å². The third-order valence-corrected chi connectivity index (χ3v) is 3.84. The molecule has 2 aromatic rings. The van der Waals surface area contributed by atoms with Gasteiger partial charge in [-0.05, 0) is 54.3 Å². The van der Waals surface area contributed by atoms with Crippen molar-refractivity contribution < 1.29 is 10.2 Å². The van der Waals surface area contributed by atoms with E-state index in [1.54, 1.807) is 12.1 Å². The van der Waals surface area contributed by atoms with Gasteiger partial charge in [-0.1, -0.05) is 34.8 Å². The first-order valence-corrected chi connectivity index (χ1v) is 6.75. The highest BCUT2D eigenvalue weighted by Gasteiger charge is 2.10. The summed E-state index contributed by atoms with van der Waals surface area (Å²) in [6.07, 6.45) is 1.17. The number of benzene rings is 2. The molecular formula is C14H11Cl3O2. The molecule has 19 heavy (non-hydrogen) atoms. The van der Waals surface area contributed by atoms with Gasteiger partial charge in [0.05, 0.1) is 0 Å². The van der Waals surface area contributed by atoms with E-state index >= 15 is 0 Å². The topological polar surface area (TPSA) is 40.5 Å². The van der Waals surface area contributed by atoms with E-state index in [0.717, 1.165) is 11.1 Å². The monoisotopic (exact) mass is 316 g/mol. The lowest BCUT2D eigenvalue weighted by molar-refractivity contribution is 0.474. The van der Waals surface area contributed by atoms with E-state index in [1.165, 1.54) is 18.2 Å². The van der Waals surface area contributed by atoms with Gasteiger partial charge in [0.2, 0.25) is 0 Å². The van der Waals surface area contributed by atoms with Crippen molar-refractivity contribution in [3.05, 3.63) is 56.5 Å². The molecule has 0 aliphatic carbocycles. The molecule has 2 aromatic carbocycles. The van der Waals surface area contributed by atoms with Crippen molar-refractivity contribution in [1.82, 2.24) is 0 Å². The average Bonchev–Trinajstić information content (AvgIpc) is 2.32. The molecule has 0 radical (unpaired) electrons. The van der Waals surface area contributed by atoms with E-state index in [2.05, 4.69) is 0 Å². The van der Waals surface area contributed by atoms with Crippen LogP contribution in [0.25, 0.3) is 0 Å². The first-order valence-electron chi connectivity index (χ1n) is 5.61. The van der Waals surface area contributed by atoms with Gasteiger partial charge in [0, 0.05) is 15.1 Å². The minimum atomic E-state index is 0.0362. The summed E-state index contributed by atoms with van der Waals surface area (Å²) in [6, 6.07) is 7.70. The summed E-state index contributed by atoms with van der Waals surface area (Å²) in [4.78, 5) is 0. The highest BCUT2D eigenvalue weighted by molar-refractivity contribution is 6.36. The van der Waals surface area contributed by atoms with Crippen LogP contribution in [0.4, 0.5) is 0 Å². The Bertz CT molecular complexity index is 589. The minimum absolute atomic E-state index is 0.0362. The molecule has 100 valence electrons. The predicted octanol–water partition coefficient (Wildman–Crippen LogP) is 4.84. The lowest BCUT2D eigenvalue weighted by atomic mass is 10.0. The highest BCUT2D eigenvalue weighted by atomic mass is 35.5. The molecule has 0 saturated carbocycles. The molecular weight excluding hydrogens is 307 g/mol. The Labute approximate surface area is 126 Å². The summed E-state index contributed by atoms with van der Waals surface area (Å²) in [7, 11) is 0.